The molecule has 0 aliphatic heterocycles. The van der Waals surface area contributed by atoms with Crippen molar-refractivity contribution < 1.29 is 19.2 Å². The molecule has 0 saturated heterocycles. The maximum atomic E-state index is 13.4. The molecule has 0 aliphatic rings. The van der Waals surface area contributed by atoms with Crippen molar-refractivity contribution in [3.05, 3.63) is 25.3 Å². The van der Waals surface area contributed by atoms with E-state index in [0.717, 1.165) is 0 Å². The van der Waals surface area contributed by atoms with Gasteiger partial charge in [0.1, 0.15) is 0 Å². The lowest BCUT2D eigenvalue weighted by molar-refractivity contribution is -0.136. The molecule has 198 valence electrons. The van der Waals surface area contributed by atoms with Crippen LogP contribution in [0, 0.1) is 11.8 Å². The van der Waals surface area contributed by atoms with Crippen molar-refractivity contribution >= 4 is 29.3 Å². The van der Waals surface area contributed by atoms with Crippen LogP contribution in [0.5, 0.6) is 0 Å². The van der Waals surface area contributed by atoms with Crippen molar-refractivity contribution in [3.63, 3.8) is 0 Å². The molecule has 5 N–H and O–H groups in total. The average Bonchev–Trinajstić information content (AvgIpc) is 2.82. The van der Waals surface area contributed by atoms with Crippen molar-refractivity contribution in [2.45, 2.75) is 84.2 Å². The van der Waals surface area contributed by atoms with Gasteiger partial charge in [0.25, 0.3) is 0 Å². The molecule has 0 aromatic carbocycles. The highest BCUT2D eigenvalue weighted by Crippen LogP contribution is 2.22. The number of hydrogen-bond donors (Lipinski definition) is 4. The number of guanidine groups is 1. The quantitative estimate of drug-likeness (QED) is 0.100. The minimum absolute atomic E-state index is 0.0693. The Kier molecular flexibility index (Phi) is 15.2. The lowest BCUT2D eigenvalue weighted by Crippen LogP contribution is -2.54. The Labute approximate surface area is 210 Å². The second kappa shape index (κ2) is 16.6. The van der Waals surface area contributed by atoms with E-state index >= 15 is 0 Å². The zero-order chi connectivity index (χ0) is 27.0. The highest BCUT2D eigenvalue weighted by molar-refractivity contribution is 5.96. The summed E-state index contributed by atoms with van der Waals surface area (Å²) in [6.45, 7) is 14.8. The van der Waals surface area contributed by atoms with Crippen molar-refractivity contribution in [1.82, 2.24) is 16.0 Å². The van der Waals surface area contributed by atoms with E-state index in [4.69, 9.17) is 5.73 Å². The molecular weight excluding hydrogens is 446 g/mol. The van der Waals surface area contributed by atoms with Gasteiger partial charge in [-0.05, 0) is 39.0 Å². The Morgan fingerprint density at radius 3 is 2.29 bits per heavy atom. The number of aliphatic imine (C=N–C) groups is 1. The van der Waals surface area contributed by atoms with Gasteiger partial charge in [0.05, 0.1) is 11.6 Å². The van der Waals surface area contributed by atoms with E-state index in [-0.39, 0.29) is 48.1 Å². The fourth-order valence-corrected chi connectivity index (χ4v) is 3.48. The van der Waals surface area contributed by atoms with Gasteiger partial charge >= 0.3 is 0 Å². The lowest BCUT2D eigenvalue weighted by Gasteiger charge is -2.31. The number of carbonyl (C=O) groups is 4. The molecule has 3 atom stereocenters. The summed E-state index contributed by atoms with van der Waals surface area (Å²) < 4.78 is 0. The summed E-state index contributed by atoms with van der Waals surface area (Å²) in [4.78, 5) is 55.3. The van der Waals surface area contributed by atoms with Crippen LogP contribution < -0.4 is 21.7 Å². The molecule has 0 aromatic heterocycles. The first-order valence-corrected chi connectivity index (χ1v) is 12.3. The second-order valence-corrected chi connectivity index (χ2v) is 9.23. The number of rotatable bonds is 18. The number of allylic oxidation sites excluding steroid dienone is 1. The number of nitrogens with zero attached hydrogens (tertiary/aromatic N) is 1. The molecule has 9 nitrogen and oxygen atoms in total. The Balaban J connectivity index is 5.64. The molecule has 0 bridgehead atoms. The Bertz CT molecular complexity index is 778. The summed E-state index contributed by atoms with van der Waals surface area (Å²) >= 11 is 0. The molecule has 0 radical (unpaired) electrons. The number of ketones is 2. The normalized spacial score (nSPS) is 14.9. The standard InChI is InChI=1S/C26H45N5O4/c1-8-11-14-21(32)20(10-3)30-24(35)19(13-12-16-29-25(27)28-7)17-22(33)26(6,15-9-2)31-23(34)18(4)5/h8-9,18-20H,1-2,10-17H2,3-7H3,(H,30,35)(H,31,34)(H3,27,28,29)/t19-,20+,26-/m1/s1. The number of hydrogen-bond acceptors (Lipinski definition) is 5. The molecule has 0 heterocycles. The number of carbonyl (C=O) groups excluding carboxylic acids is 4. The van der Waals surface area contributed by atoms with Crippen LogP contribution in [0.15, 0.2) is 30.3 Å². The van der Waals surface area contributed by atoms with Gasteiger partial charge in [0.2, 0.25) is 11.8 Å². The van der Waals surface area contributed by atoms with Crippen LogP contribution in [-0.2, 0) is 19.2 Å². The van der Waals surface area contributed by atoms with E-state index in [0.29, 0.717) is 38.6 Å². The Morgan fingerprint density at radius 2 is 1.77 bits per heavy atom. The topological polar surface area (TPSA) is 143 Å². The smallest absolute Gasteiger partial charge is 0.224 e. The Hall–Kier alpha value is -2.97. The number of Topliss-reactive ketones (excluding diaryl/α,β-unsaturated/α-hetero) is 2. The van der Waals surface area contributed by atoms with Crippen molar-refractivity contribution in [1.29, 1.82) is 0 Å². The third-order valence-corrected chi connectivity index (χ3v) is 5.88. The number of nitrogens with two attached hydrogens (primary N) is 1. The van der Waals surface area contributed by atoms with E-state index in [1.807, 2.05) is 6.92 Å². The fourth-order valence-electron chi connectivity index (χ4n) is 3.48. The van der Waals surface area contributed by atoms with Crippen molar-refractivity contribution in [2.75, 3.05) is 13.6 Å². The summed E-state index contributed by atoms with van der Waals surface area (Å²) in [6.07, 6.45) is 5.63. The maximum absolute atomic E-state index is 13.4. The van der Waals surface area contributed by atoms with Gasteiger partial charge in [-0.1, -0.05) is 32.9 Å². The predicted molar refractivity (Wildman–Crippen MR) is 141 cm³/mol. The number of nitrogens with one attached hydrogen (secondary N) is 3. The SMILES string of the molecule is C=CCCC(=O)[C@H](CC)NC(=O)[C@H](CCCNC(N)=NC)CC(=O)[C@@](C)(CC=C)NC(=O)C(C)C. The van der Waals surface area contributed by atoms with Gasteiger partial charge in [-0.15, -0.1) is 13.2 Å². The molecule has 0 spiro atoms. The van der Waals surface area contributed by atoms with Crippen LogP contribution >= 0.6 is 0 Å². The van der Waals surface area contributed by atoms with E-state index in [1.165, 1.54) is 0 Å². The van der Waals surface area contributed by atoms with Crippen molar-refractivity contribution in [2.24, 2.45) is 22.6 Å². The third kappa shape index (κ3) is 11.8. The summed E-state index contributed by atoms with van der Waals surface area (Å²) in [5.74, 6) is -1.62. The predicted octanol–water partition coefficient (Wildman–Crippen LogP) is 2.41. The van der Waals surface area contributed by atoms with Crippen LogP contribution in [0.4, 0.5) is 0 Å². The molecule has 0 saturated carbocycles. The molecule has 0 unspecified atom stereocenters. The summed E-state index contributed by atoms with van der Waals surface area (Å²) in [5, 5.41) is 8.59. The molecule has 0 aliphatic carbocycles. The van der Waals surface area contributed by atoms with Crippen LogP contribution in [0.3, 0.4) is 0 Å². The molecule has 35 heavy (non-hydrogen) atoms. The van der Waals surface area contributed by atoms with Gasteiger partial charge in [-0.3, -0.25) is 24.2 Å². The average molecular weight is 492 g/mol. The molecule has 0 rings (SSSR count). The number of amides is 2. The fraction of sp³-hybridized carbons (Fsp3) is 0.654. The first-order valence-electron chi connectivity index (χ1n) is 12.3. The highest BCUT2D eigenvalue weighted by Gasteiger charge is 2.37. The van der Waals surface area contributed by atoms with E-state index in [1.54, 1.807) is 40.0 Å². The van der Waals surface area contributed by atoms with E-state index in [9.17, 15) is 19.2 Å². The van der Waals surface area contributed by atoms with Crippen LogP contribution in [0.1, 0.15) is 72.6 Å². The molecule has 0 fully saturated rings. The summed E-state index contributed by atoms with van der Waals surface area (Å²) in [5.41, 5.74) is 4.48. The monoisotopic (exact) mass is 491 g/mol. The minimum atomic E-state index is -1.18. The maximum Gasteiger partial charge on any atom is 0.224 e. The van der Waals surface area contributed by atoms with Crippen LogP contribution in [0.25, 0.3) is 0 Å². The largest absolute Gasteiger partial charge is 0.370 e. The zero-order valence-electron chi connectivity index (χ0n) is 22.1. The third-order valence-electron chi connectivity index (χ3n) is 5.88. The van der Waals surface area contributed by atoms with Gasteiger partial charge in [0.15, 0.2) is 17.5 Å². The Morgan fingerprint density at radius 1 is 1.11 bits per heavy atom. The first-order chi connectivity index (χ1) is 16.4. The van der Waals surface area contributed by atoms with Crippen LogP contribution in [-0.4, -0.2) is 54.5 Å². The lowest BCUT2D eigenvalue weighted by atomic mass is 9.84. The highest BCUT2D eigenvalue weighted by atomic mass is 16.2. The van der Waals surface area contributed by atoms with Gasteiger partial charge in [0, 0.05) is 38.3 Å². The van der Waals surface area contributed by atoms with E-state index < -0.39 is 17.5 Å². The first kappa shape index (κ1) is 32.0. The van der Waals surface area contributed by atoms with Crippen LogP contribution in [0.2, 0.25) is 0 Å². The molecule has 9 heteroatoms. The minimum Gasteiger partial charge on any atom is -0.370 e. The second-order valence-electron chi connectivity index (χ2n) is 9.23. The summed E-state index contributed by atoms with van der Waals surface area (Å²) in [7, 11) is 1.57. The molecule has 0 aromatic rings. The van der Waals surface area contributed by atoms with Gasteiger partial charge < -0.3 is 21.7 Å². The van der Waals surface area contributed by atoms with Gasteiger partial charge in [-0.2, -0.15) is 0 Å². The molecular formula is C26H45N5O4. The molecule has 2 amide bonds. The van der Waals surface area contributed by atoms with E-state index in [2.05, 4.69) is 34.1 Å². The zero-order valence-corrected chi connectivity index (χ0v) is 22.1. The van der Waals surface area contributed by atoms with Gasteiger partial charge in [-0.25, -0.2) is 0 Å². The summed E-state index contributed by atoms with van der Waals surface area (Å²) in [6, 6.07) is -0.624. The van der Waals surface area contributed by atoms with Crippen molar-refractivity contribution in [3.8, 4) is 0 Å².